The van der Waals surface area contributed by atoms with Gasteiger partial charge in [-0.1, -0.05) is 35.9 Å². The molecule has 1 aromatic heterocycles. The second-order valence-corrected chi connectivity index (χ2v) is 9.31. The van der Waals surface area contributed by atoms with Gasteiger partial charge in [-0.2, -0.15) is 5.10 Å². The Kier molecular flexibility index (Phi) is 9.09. The SMILES string of the molecule is COc1cc(/C=N/NC(=O)COc2cccc3cccnc23)cc(I)c1OCC(=O)Nc1ccc(C)cc1. The third kappa shape index (κ3) is 7.19. The van der Waals surface area contributed by atoms with Crippen molar-refractivity contribution in [3.63, 3.8) is 0 Å². The Balaban J connectivity index is 1.31. The molecule has 0 atom stereocenters. The van der Waals surface area contributed by atoms with E-state index >= 15 is 0 Å². The number of anilines is 1. The van der Waals surface area contributed by atoms with Crippen LogP contribution in [-0.2, 0) is 9.59 Å². The molecule has 4 aromatic rings. The number of para-hydroxylation sites is 1. The minimum absolute atomic E-state index is 0.185. The fraction of sp³-hybridized carbons (Fsp3) is 0.143. The number of ether oxygens (including phenoxy) is 3. The van der Waals surface area contributed by atoms with Gasteiger partial charge >= 0.3 is 0 Å². The average molecular weight is 624 g/mol. The summed E-state index contributed by atoms with van der Waals surface area (Å²) in [7, 11) is 1.51. The van der Waals surface area contributed by atoms with Crippen molar-refractivity contribution < 1.29 is 23.8 Å². The van der Waals surface area contributed by atoms with Crippen molar-refractivity contribution in [2.45, 2.75) is 6.92 Å². The second kappa shape index (κ2) is 12.9. The lowest BCUT2D eigenvalue weighted by Crippen LogP contribution is -2.24. The van der Waals surface area contributed by atoms with Crippen LogP contribution in [0.1, 0.15) is 11.1 Å². The molecule has 38 heavy (non-hydrogen) atoms. The van der Waals surface area contributed by atoms with Gasteiger partial charge < -0.3 is 19.5 Å². The van der Waals surface area contributed by atoms with Crippen molar-refractivity contribution in [3.05, 3.63) is 87.6 Å². The van der Waals surface area contributed by atoms with E-state index in [0.29, 0.717) is 37.6 Å². The van der Waals surface area contributed by atoms with Gasteiger partial charge in [-0.25, -0.2) is 5.43 Å². The molecule has 10 heteroatoms. The molecule has 3 aromatic carbocycles. The Hall–Kier alpha value is -4.19. The predicted octanol–water partition coefficient (Wildman–Crippen LogP) is 4.70. The highest BCUT2D eigenvalue weighted by Gasteiger charge is 2.14. The molecule has 0 aliphatic carbocycles. The molecular formula is C28H25IN4O5. The first-order valence-corrected chi connectivity index (χ1v) is 12.7. The number of rotatable bonds is 10. The van der Waals surface area contributed by atoms with Crippen LogP contribution in [-0.4, -0.2) is 43.3 Å². The van der Waals surface area contributed by atoms with Crippen molar-refractivity contribution in [3.8, 4) is 17.2 Å². The first kappa shape index (κ1) is 26.9. The third-order valence-electron chi connectivity index (χ3n) is 5.29. The van der Waals surface area contributed by atoms with E-state index in [-0.39, 0.29) is 19.1 Å². The molecule has 2 amide bonds. The van der Waals surface area contributed by atoms with E-state index in [9.17, 15) is 9.59 Å². The van der Waals surface area contributed by atoms with E-state index in [0.717, 1.165) is 10.9 Å². The van der Waals surface area contributed by atoms with Crippen LogP contribution in [0.15, 0.2) is 78.0 Å². The van der Waals surface area contributed by atoms with E-state index in [1.807, 2.05) is 55.5 Å². The molecule has 0 saturated carbocycles. The van der Waals surface area contributed by atoms with Gasteiger partial charge in [-0.15, -0.1) is 0 Å². The highest BCUT2D eigenvalue weighted by molar-refractivity contribution is 14.1. The lowest BCUT2D eigenvalue weighted by Gasteiger charge is -2.13. The van der Waals surface area contributed by atoms with Gasteiger partial charge in [0.05, 0.1) is 16.9 Å². The summed E-state index contributed by atoms with van der Waals surface area (Å²) in [6.45, 7) is 1.58. The zero-order valence-electron chi connectivity index (χ0n) is 20.7. The molecule has 0 aliphatic heterocycles. The zero-order chi connectivity index (χ0) is 26.9. The largest absolute Gasteiger partial charge is 0.493 e. The molecule has 0 bridgehead atoms. The Labute approximate surface area is 233 Å². The summed E-state index contributed by atoms with van der Waals surface area (Å²) in [6.07, 6.45) is 3.15. The van der Waals surface area contributed by atoms with Crippen molar-refractivity contribution >= 4 is 57.2 Å². The molecule has 0 unspecified atom stereocenters. The fourth-order valence-corrected chi connectivity index (χ4v) is 4.25. The first-order chi connectivity index (χ1) is 18.4. The topological polar surface area (TPSA) is 111 Å². The van der Waals surface area contributed by atoms with Gasteiger partial charge in [0, 0.05) is 17.3 Å². The highest BCUT2D eigenvalue weighted by Crippen LogP contribution is 2.33. The lowest BCUT2D eigenvalue weighted by atomic mass is 10.2. The van der Waals surface area contributed by atoms with Gasteiger partial charge in [-0.3, -0.25) is 14.6 Å². The number of hydrogen-bond donors (Lipinski definition) is 2. The van der Waals surface area contributed by atoms with Crippen LogP contribution < -0.4 is 25.0 Å². The van der Waals surface area contributed by atoms with Crippen LogP contribution >= 0.6 is 22.6 Å². The second-order valence-electron chi connectivity index (χ2n) is 8.15. The van der Waals surface area contributed by atoms with E-state index in [4.69, 9.17) is 14.2 Å². The minimum Gasteiger partial charge on any atom is -0.493 e. The summed E-state index contributed by atoms with van der Waals surface area (Å²) in [5.41, 5.74) is 5.60. The predicted molar refractivity (Wildman–Crippen MR) is 154 cm³/mol. The van der Waals surface area contributed by atoms with E-state index in [2.05, 4.69) is 43.4 Å². The molecule has 4 rings (SSSR count). The number of hydrazone groups is 1. The number of pyridine rings is 1. The monoisotopic (exact) mass is 624 g/mol. The van der Waals surface area contributed by atoms with E-state index in [1.165, 1.54) is 13.3 Å². The quantitative estimate of drug-likeness (QED) is 0.150. The maximum absolute atomic E-state index is 12.3. The maximum atomic E-state index is 12.3. The number of halogens is 1. The van der Waals surface area contributed by atoms with Crippen molar-refractivity contribution in [2.24, 2.45) is 5.10 Å². The number of aromatic nitrogens is 1. The van der Waals surface area contributed by atoms with Crippen molar-refractivity contribution in [1.82, 2.24) is 10.4 Å². The molecule has 2 N–H and O–H groups in total. The third-order valence-corrected chi connectivity index (χ3v) is 6.09. The average Bonchev–Trinajstić information content (AvgIpc) is 2.92. The highest BCUT2D eigenvalue weighted by atomic mass is 127. The molecule has 9 nitrogen and oxygen atoms in total. The number of methoxy groups -OCH3 is 1. The Morgan fingerprint density at radius 3 is 2.53 bits per heavy atom. The molecule has 0 saturated heterocycles. The molecule has 0 spiro atoms. The summed E-state index contributed by atoms with van der Waals surface area (Å²) in [6, 6.07) is 20.3. The van der Waals surface area contributed by atoms with Gasteiger partial charge in [0.1, 0.15) is 11.3 Å². The van der Waals surface area contributed by atoms with Gasteiger partial charge in [-0.05, 0) is 71.5 Å². The number of nitrogens with zero attached hydrogens (tertiary/aromatic N) is 2. The summed E-state index contributed by atoms with van der Waals surface area (Å²) in [5.74, 6) is 0.673. The molecule has 0 fully saturated rings. The number of amides is 2. The zero-order valence-corrected chi connectivity index (χ0v) is 22.9. The smallest absolute Gasteiger partial charge is 0.277 e. The van der Waals surface area contributed by atoms with Gasteiger partial charge in [0.15, 0.2) is 24.7 Å². The number of hydrogen-bond acceptors (Lipinski definition) is 7. The number of benzene rings is 3. The van der Waals surface area contributed by atoms with Crippen molar-refractivity contribution in [1.29, 1.82) is 0 Å². The van der Waals surface area contributed by atoms with Crippen molar-refractivity contribution in [2.75, 3.05) is 25.6 Å². The van der Waals surface area contributed by atoms with Crippen LogP contribution in [0.4, 0.5) is 5.69 Å². The fourth-order valence-electron chi connectivity index (χ4n) is 3.47. The number of fused-ring (bicyclic) bond motifs is 1. The number of nitrogens with one attached hydrogen (secondary N) is 2. The van der Waals surface area contributed by atoms with Crippen LogP contribution in [0.25, 0.3) is 10.9 Å². The summed E-state index contributed by atoms with van der Waals surface area (Å²) in [4.78, 5) is 28.8. The molecule has 194 valence electrons. The van der Waals surface area contributed by atoms with E-state index < -0.39 is 5.91 Å². The number of carbonyl (C=O) groups is 2. The Bertz CT molecular complexity index is 1470. The van der Waals surface area contributed by atoms with Crippen LogP contribution in [0, 0.1) is 10.5 Å². The minimum atomic E-state index is -0.421. The molecule has 0 radical (unpaired) electrons. The lowest BCUT2D eigenvalue weighted by molar-refractivity contribution is -0.123. The molecule has 0 aliphatic rings. The van der Waals surface area contributed by atoms with Gasteiger partial charge in [0.25, 0.3) is 11.8 Å². The summed E-state index contributed by atoms with van der Waals surface area (Å²) < 4.78 is 17.5. The Morgan fingerprint density at radius 1 is 0.974 bits per heavy atom. The standard InChI is InChI=1S/C28H25IN4O5/c1-18-8-10-21(11-9-18)32-25(34)16-38-28-22(29)13-19(14-24(28)36-2)15-31-33-26(35)17-37-23-7-3-5-20-6-4-12-30-27(20)23/h3-15H,16-17H2,1-2H3,(H,32,34)(H,33,35)/b31-15+. The first-order valence-electron chi connectivity index (χ1n) is 11.6. The number of aryl methyl sites for hydroxylation is 1. The van der Waals surface area contributed by atoms with Crippen LogP contribution in [0.3, 0.4) is 0 Å². The normalized spacial score (nSPS) is 10.8. The van der Waals surface area contributed by atoms with E-state index in [1.54, 1.807) is 24.4 Å². The molecular weight excluding hydrogens is 599 g/mol. The number of carbonyl (C=O) groups excluding carboxylic acids is 2. The maximum Gasteiger partial charge on any atom is 0.277 e. The van der Waals surface area contributed by atoms with Gasteiger partial charge in [0.2, 0.25) is 0 Å². The van der Waals surface area contributed by atoms with Crippen LogP contribution in [0.2, 0.25) is 0 Å². The summed E-state index contributed by atoms with van der Waals surface area (Å²) in [5, 5.41) is 7.72. The summed E-state index contributed by atoms with van der Waals surface area (Å²) >= 11 is 2.09. The molecule has 1 heterocycles. The Morgan fingerprint density at radius 2 is 1.74 bits per heavy atom. The van der Waals surface area contributed by atoms with Crippen LogP contribution in [0.5, 0.6) is 17.2 Å².